The first-order chi connectivity index (χ1) is 8.78. The second-order valence-electron chi connectivity index (χ2n) is 5.82. The van der Waals surface area contributed by atoms with E-state index in [-0.39, 0.29) is 17.5 Å². The fourth-order valence-corrected chi connectivity index (χ4v) is 1.91. The van der Waals surface area contributed by atoms with E-state index in [0.29, 0.717) is 10.8 Å². The zero-order valence-electron chi connectivity index (χ0n) is 12.1. The summed E-state index contributed by atoms with van der Waals surface area (Å²) in [7, 11) is 0. The minimum atomic E-state index is -0.348. The van der Waals surface area contributed by atoms with Crippen molar-refractivity contribution in [2.75, 3.05) is 6.54 Å². The molecule has 2 nitrogen and oxygen atoms in total. The maximum atomic E-state index is 12.9. The predicted molar refractivity (Wildman–Crippen MR) is 78.5 cm³/mol. The molecule has 19 heavy (non-hydrogen) atoms. The first kappa shape index (κ1) is 16.3. The van der Waals surface area contributed by atoms with E-state index in [1.54, 1.807) is 6.07 Å². The lowest BCUT2D eigenvalue weighted by Gasteiger charge is -2.21. The number of halogens is 2. The van der Waals surface area contributed by atoms with Gasteiger partial charge in [-0.05, 0) is 65.3 Å². The summed E-state index contributed by atoms with van der Waals surface area (Å²) in [6.07, 6.45) is 2.01. The summed E-state index contributed by atoms with van der Waals surface area (Å²) in [4.78, 5) is 0. The van der Waals surface area contributed by atoms with Gasteiger partial charge in [0.05, 0.1) is 11.1 Å². The SMILES string of the molecule is CC(CCCNC(C)(C)C)Oc1ccc(F)cc1Cl. The van der Waals surface area contributed by atoms with Crippen molar-refractivity contribution in [3.8, 4) is 5.75 Å². The van der Waals surface area contributed by atoms with Crippen molar-refractivity contribution in [1.29, 1.82) is 0 Å². The smallest absolute Gasteiger partial charge is 0.138 e. The first-order valence-electron chi connectivity index (χ1n) is 6.64. The molecule has 0 spiro atoms. The van der Waals surface area contributed by atoms with Crippen LogP contribution < -0.4 is 10.1 Å². The number of ether oxygens (including phenoxy) is 1. The third-order valence-electron chi connectivity index (χ3n) is 2.66. The second kappa shape index (κ2) is 7.11. The minimum Gasteiger partial charge on any atom is -0.489 e. The van der Waals surface area contributed by atoms with Gasteiger partial charge in [-0.25, -0.2) is 4.39 Å². The van der Waals surface area contributed by atoms with Crippen LogP contribution in [0.25, 0.3) is 0 Å². The number of nitrogens with one attached hydrogen (secondary N) is 1. The summed E-state index contributed by atoms with van der Waals surface area (Å²) in [5.41, 5.74) is 0.143. The Labute approximate surface area is 120 Å². The normalized spacial score (nSPS) is 13.4. The van der Waals surface area contributed by atoms with E-state index in [4.69, 9.17) is 16.3 Å². The Kier molecular flexibility index (Phi) is 6.08. The number of hydrogen-bond acceptors (Lipinski definition) is 2. The van der Waals surface area contributed by atoms with Crippen molar-refractivity contribution in [2.24, 2.45) is 0 Å². The third-order valence-corrected chi connectivity index (χ3v) is 2.96. The highest BCUT2D eigenvalue weighted by Crippen LogP contribution is 2.26. The Morgan fingerprint density at radius 3 is 2.63 bits per heavy atom. The Hall–Kier alpha value is -0.800. The molecule has 0 aromatic heterocycles. The largest absolute Gasteiger partial charge is 0.489 e. The maximum absolute atomic E-state index is 12.9. The van der Waals surface area contributed by atoms with Crippen molar-refractivity contribution in [3.05, 3.63) is 29.0 Å². The lowest BCUT2D eigenvalue weighted by atomic mass is 10.1. The number of rotatable bonds is 6. The summed E-state index contributed by atoms with van der Waals surface area (Å²) in [5, 5.41) is 3.75. The van der Waals surface area contributed by atoms with E-state index < -0.39 is 0 Å². The van der Waals surface area contributed by atoms with Crippen molar-refractivity contribution in [1.82, 2.24) is 5.32 Å². The van der Waals surface area contributed by atoms with Crippen LogP contribution in [0.2, 0.25) is 5.02 Å². The zero-order valence-corrected chi connectivity index (χ0v) is 12.9. The molecule has 0 aliphatic carbocycles. The van der Waals surface area contributed by atoms with Gasteiger partial charge in [0.2, 0.25) is 0 Å². The molecule has 0 saturated heterocycles. The van der Waals surface area contributed by atoms with Crippen molar-refractivity contribution in [2.45, 2.75) is 52.2 Å². The molecule has 1 N–H and O–H groups in total. The van der Waals surface area contributed by atoms with Crippen LogP contribution in [0.1, 0.15) is 40.5 Å². The van der Waals surface area contributed by atoms with E-state index in [2.05, 4.69) is 26.1 Å². The summed E-state index contributed by atoms with van der Waals surface area (Å²) < 4.78 is 18.6. The number of hydrogen-bond donors (Lipinski definition) is 1. The summed E-state index contributed by atoms with van der Waals surface area (Å²) in [6, 6.07) is 4.20. The van der Waals surface area contributed by atoms with Gasteiger partial charge in [0.25, 0.3) is 0 Å². The average Bonchev–Trinajstić information content (AvgIpc) is 2.27. The average molecular weight is 288 g/mol. The maximum Gasteiger partial charge on any atom is 0.138 e. The Morgan fingerprint density at radius 1 is 1.37 bits per heavy atom. The van der Waals surface area contributed by atoms with Gasteiger partial charge < -0.3 is 10.1 Å². The van der Waals surface area contributed by atoms with Gasteiger partial charge in [0.1, 0.15) is 11.6 Å². The number of benzene rings is 1. The second-order valence-corrected chi connectivity index (χ2v) is 6.23. The molecule has 0 amide bonds. The molecular weight excluding hydrogens is 265 g/mol. The Morgan fingerprint density at radius 2 is 2.05 bits per heavy atom. The highest BCUT2D eigenvalue weighted by Gasteiger charge is 2.10. The van der Waals surface area contributed by atoms with Crippen LogP contribution in [0.5, 0.6) is 5.75 Å². The summed E-state index contributed by atoms with van der Waals surface area (Å²) in [5.74, 6) is 0.193. The van der Waals surface area contributed by atoms with Gasteiger partial charge in [0, 0.05) is 5.54 Å². The lowest BCUT2D eigenvalue weighted by molar-refractivity contribution is 0.206. The summed E-state index contributed by atoms with van der Waals surface area (Å²) >= 11 is 5.92. The van der Waals surface area contributed by atoms with Crippen LogP contribution in [0, 0.1) is 5.82 Å². The quantitative estimate of drug-likeness (QED) is 0.782. The molecule has 0 aliphatic heterocycles. The van der Waals surface area contributed by atoms with E-state index in [9.17, 15) is 4.39 Å². The van der Waals surface area contributed by atoms with Gasteiger partial charge in [0.15, 0.2) is 0 Å². The Bertz CT molecular complexity index is 404. The molecule has 1 aromatic rings. The molecule has 1 aromatic carbocycles. The first-order valence-corrected chi connectivity index (χ1v) is 7.02. The molecule has 0 radical (unpaired) electrons. The lowest BCUT2D eigenvalue weighted by Crippen LogP contribution is -2.36. The van der Waals surface area contributed by atoms with Crippen LogP contribution >= 0.6 is 11.6 Å². The highest BCUT2D eigenvalue weighted by molar-refractivity contribution is 6.32. The predicted octanol–water partition coefficient (Wildman–Crippen LogP) is 4.41. The van der Waals surface area contributed by atoms with Crippen LogP contribution in [0.15, 0.2) is 18.2 Å². The molecule has 0 bridgehead atoms. The van der Waals surface area contributed by atoms with Crippen LogP contribution in [0.3, 0.4) is 0 Å². The van der Waals surface area contributed by atoms with Gasteiger partial charge in [-0.2, -0.15) is 0 Å². The van der Waals surface area contributed by atoms with Gasteiger partial charge >= 0.3 is 0 Å². The Balaban J connectivity index is 2.33. The van der Waals surface area contributed by atoms with Crippen molar-refractivity contribution >= 4 is 11.6 Å². The van der Waals surface area contributed by atoms with E-state index in [1.807, 2.05) is 6.92 Å². The molecule has 1 atom stereocenters. The third kappa shape index (κ3) is 6.79. The molecule has 4 heteroatoms. The molecule has 0 fully saturated rings. The van der Waals surface area contributed by atoms with Crippen LogP contribution in [0.4, 0.5) is 4.39 Å². The van der Waals surface area contributed by atoms with Gasteiger partial charge in [-0.15, -0.1) is 0 Å². The van der Waals surface area contributed by atoms with Crippen LogP contribution in [-0.2, 0) is 0 Å². The van der Waals surface area contributed by atoms with E-state index in [1.165, 1.54) is 12.1 Å². The minimum absolute atomic E-state index is 0.0599. The topological polar surface area (TPSA) is 21.3 Å². The van der Waals surface area contributed by atoms with E-state index >= 15 is 0 Å². The van der Waals surface area contributed by atoms with Gasteiger partial charge in [-0.3, -0.25) is 0 Å². The van der Waals surface area contributed by atoms with Crippen molar-refractivity contribution in [3.63, 3.8) is 0 Å². The standard InChI is InChI=1S/C15H23ClFNO/c1-11(6-5-9-18-15(2,3)4)19-14-8-7-12(17)10-13(14)16/h7-8,10-11,18H,5-6,9H2,1-4H3. The monoisotopic (exact) mass is 287 g/mol. The van der Waals surface area contributed by atoms with E-state index in [0.717, 1.165) is 19.4 Å². The fourth-order valence-electron chi connectivity index (χ4n) is 1.70. The molecule has 0 aliphatic rings. The molecule has 1 rings (SSSR count). The zero-order chi connectivity index (χ0) is 14.5. The molecule has 1 unspecified atom stereocenters. The highest BCUT2D eigenvalue weighted by atomic mass is 35.5. The van der Waals surface area contributed by atoms with Crippen molar-refractivity contribution < 1.29 is 9.13 Å². The molecular formula is C15H23ClFNO. The molecule has 0 heterocycles. The fraction of sp³-hybridized carbons (Fsp3) is 0.600. The van der Waals surface area contributed by atoms with Gasteiger partial charge in [-0.1, -0.05) is 11.6 Å². The van der Waals surface area contributed by atoms with Crippen LogP contribution in [-0.4, -0.2) is 18.2 Å². The molecule has 0 saturated carbocycles. The summed E-state index contributed by atoms with van der Waals surface area (Å²) in [6.45, 7) is 9.38. The molecule has 108 valence electrons.